The minimum Gasteiger partial charge on any atom is -0.465 e. The van der Waals surface area contributed by atoms with Gasteiger partial charge >= 0.3 is 5.97 Å². The zero-order chi connectivity index (χ0) is 16.2. The van der Waals surface area contributed by atoms with Crippen LogP contribution in [0.25, 0.3) is 0 Å². The van der Waals surface area contributed by atoms with Gasteiger partial charge in [0.25, 0.3) is 5.69 Å². The molecule has 0 bridgehead atoms. The minimum atomic E-state index is -1.38. The Morgan fingerprint density at radius 2 is 2.10 bits per heavy atom. The molecule has 116 valence electrons. The summed E-state index contributed by atoms with van der Waals surface area (Å²) in [6.07, 6.45) is -2.43. The maximum absolute atomic E-state index is 11.7. The van der Waals surface area contributed by atoms with Gasteiger partial charge in [-0.3, -0.25) is 10.1 Å². The summed E-state index contributed by atoms with van der Waals surface area (Å²) in [5.74, 6) is -0.752. The number of methoxy groups -OCH3 is 1. The average Bonchev–Trinajstić information content (AvgIpc) is 2.45. The van der Waals surface area contributed by atoms with Crippen LogP contribution in [0.15, 0.2) is 12.1 Å². The van der Waals surface area contributed by atoms with Gasteiger partial charge in [0.2, 0.25) is 0 Å². The molecule has 0 radical (unpaired) electrons. The first-order valence-corrected chi connectivity index (χ1v) is 6.26. The van der Waals surface area contributed by atoms with E-state index in [9.17, 15) is 25.1 Å². The SMILES string of the molecule is COC(=O)c1cc(C(O)C(O)CCN)cc([N+](=O)[O-])c1C. The van der Waals surface area contributed by atoms with E-state index in [2.05, 4.69) is 4.74 Å². The molecule has 1 aromatic carbocycles. The molecule has 0 aliphatic heterocycles. The third kappa shape index (κ3) is 3.75. The molecule has 0 aliphatic carbocycles. The summed E-state index contributed by atoms with van der Waals surface area (Å²) in [4.78, 5) is 22.1. The van der Waals surface area contributed by atoms with E-state index in [1.54, 1.807) is 0 Å². The number of nitro groups is 1. The minimum absolute atomic E-state index is 0.0271. The average molecular weight is 298 g/mol. The summed E-state index contributed by atoms with van der Waals surface area (Å²) >= 11 is 0. The molecule has 0 aromatic heterocycles. The number of aliphatic hydroxyl groups excluding tert-OH is 2. The molecular formula is C13H18N2O6. The van der Waals surface area contributed by atoms with Gasteiger partial charge in [-0.2, -0.15) is 0 Å². The lowest BCUT2D eigenvalue weighted by Gasteiger charge is -2.18. The smallest absolute Gasteiger partial charge is 0.338 e. The molecule has 0 saturated heterocycles. The van der Waals surface area contributed by atoms with Crippen LogP contribution in [0.4, 0.5) is 5.69 Å². The van der Waals surface area contributed by atoms with E-state index in [0.29, 0.717) is 0 Å². The fourth-order valence-corrected chi connectivity index (χ4v) is 1.95. The van der Waals surface area contributed by atoms with E-state index in [0.717, 1.165) is 13.2 Å². The second kappa shape index (κ2) is 7.11. The van der Waals surface area contributed by atoms with E-state index in [1.165, 1.54) is 13.0 Å². The number of hydrogen-bond donors (Lipinski definition) is 3. The number of carbonyl (C=O) groups excluding carboxylic acids is 1. The van der Waals surface area contributed by atoms with Crippen molar-refractivity contribution < 1.29 is 24.7 Å². The lowest BCUT2D eigenvalue weighted by atomic mass is 9.96. The molecule has 2 unspecified atom stereocenters. The number of nitro benzene ring substituents is 1. The van der Waals surface area contributed by atoms with Gasteiger partial charge in [0.1, 0.15) is 6.10 Å². The summed E-state index contributed by atoms with van der Waals surface area (Å²) < 4.78 is 4.57. The predicted molar refractivity (Wildman–Crippen MR) is 73.8 cm³/mol. The van der Waals surface area contributed by atoms with E-state index < -0.39 is 23.1 Å². The Morgan fingerprint density at radius 1 is 1.48 bits per heavy atom. The van der Waals surface area contributed by atoms with Crippen molar-refractivity contribution in [1.29, 1.82) is 0 Å². The second-order valence-corrected chi connectivity index (χ2v) is 4.55. The third-order valence-corrected chi connectivity index (χ3v) is 3.17. The number of ether oxygens (including phenoxy) is 1. The summed E-state index contributed by atoms with van der Waals surface area (Å²) in [5.41, 5.74) is 5.14. The van der Waals surface area contributed by atoms with Crippen LogP contribution in [0.3, 0.4) is 0 Å². The van der Waals surface area contributed by atoms with Crippen LogP contribution in [0.1, 0.15) is 34.0 Å². The maximum atomic E-state index is 11.7. The van der Waals surface area contributed by atoms with Gasteiger partial charge in [0.15, 0.2) is 0 Å². The van der Waals surface area contributed by atoms with Crippen LogP contribution in [0.2, 0.25) is 0 Å². The van der Waals surface area contributed by atoms with E-state index in [-0.39, 0.29) is 35.3 Å². The molecule has 0 heterocycles. The van der Waals surface area contributed by atoms with Gasteiger partial charge in [-0.1, -0.05) is 0 Å². The van der Waals surface area contributed by atoms with Crippen molar-refractivity contribution >= 4 is 11.7 Å². The molecule has 4 N–H and O–H groups in total. The first-order valence-electron chi connectivity index (χ1n) is 6.26. The Morgan fingerprint density at radius 3 is 2.57 bits per heavy atom. The second-order valence-electron chi connectivity index (χ2n) is 4.55. The molecule has 2 atom stereocenters. The third-order valence-electron chi connectivity index (χ3n) is 3.17. The molecule has 1 aromatic rings. The van der Waals surface area contributed by atoms with E-state index >= 15 is 0 Å². The molecule has 21 heavy (non-hydrogen) atoms. The molecule has 0 fully saturated rings. The Hall–Kier alpha value is -2.03. The van der Waals surface area contributed by atoms with Gasteiger partial charge in [-0.15, -0.1) is 0 Å². The van der Waals surface area contributed by atoms with Crippen LogP contribution in [-0.2, 0) is 4.74 Å². The summed E-state index contributed by atoms with van der Waals surface area (Å²) in [5, 5.41) is 30.8. The molecule has 0 amide bonds. The fraction of sp³-hybridized carbons (Fsp3) is 0.462. The van der Waals surface area contributed by atoms with Gasteiger partial charge in [-0.25, -0.2) is 4.79 Å². The number of nitrogens with zero attached hydrogens (tertiary/aromatic N) is 1. The first-order chi connectivity index (χ1) is 9.83. The van der Waals surface area contributed by atoms with Gasteiger partial charge < -0.3 is 20.7 Å². The highest BCUT2D eigenvalue weighted by Gasteiger charge is 2.26. The Bertz CT molecular complexity index is 546. The number of hydrogen-bond acceptors (Lipinski definition) is 7. The molecule has 0 aliphatic rings. The van der Waals surface area contributed by atoms with Crippen molar-refractivity contribution in [2.24, 2.45) is 5.73 Å². The van der Waals surface area contributed by atoms with Crippen LogP contribution < -0.4 is 5.73 Å². The monoisotopic (exact) mass is 298 g/mol. The highest BCUT2D eigenvalue weighted by atomic mass is 16.6. The molecule has 8 heteroatoms. The van der Waals surface area contributed by atoms with Crippen LogP contribution in [0, 0.1) is 17.0 Å². The molecule has 8 nitrogen and oxygen atoms in total. The lowest BCUT2D eigenvalue weighted by molar-refractivity contribution is -0.385. The van der Waals surface area contributed by atoms with Crippen molar-refractivity contribution in [2.75, 3.05) is 13.7 Å². The quantitative estimate of drug-likeness (QED) is 0.393. The maximum Gasteiger partial charge on any atom is 0.338 e. The largest absolute Gasteiger partial charge is 0.465 e. The standard InChI is InChI=1S/C13H18N2O6/c1-7-9(13(18)21-2)5-8(6-10(7)15(19)20)12(17)11(16)3-4-14/h5-6,11-12,16-17H,3-4,14H2,1-2H3. The summed E-state index contributed by atoms with van der Waals surface area (Å²) in [7, 11) is 1.15. The van der Waals surface area contributed by atoms with Gasteiger partial charge in [0.05, 0.1) is 23.7 Å². The number of aliphatic hydroxyl groups is 2. The van der Waals surface area contributed by atoms with Crippen molar-refractivity contribution in [1.82, 2.24) is 0 Å². The summed E-state index contributed by atoms with van der Waals surface area (Å²) in [6.45, 7) is 1.56. The van der Waals surface area contributed by atoms with Crippen LogP contribution in [-0.4, -0.2) is 40.9 Å². The lowest BCUT2D eigenvalue weighted by Crippen LogP contribution is -2.22. The first kappa shape index (κ1) is 17.0. The number of carbonyl (C=O) groups is 1. The highest BCUT2D eigenvalue weighted by molar-refractivity contribution is 5.92. The van der Waals surface area contributed by atoms with Crippen molar-refractivity contribution in [3.05, 3.63) is 38.9 Å². The molecule has 0 spiro atoms. The van der Waals surface area contributed by atoms with Crippen molar-refractivity contribution in [2.45, 2.75) is 25.6 Å². The van der Waals surface area contributed by atoms with Crippen molar-refractivity contribution in [3.8, 4) is 0 Å². The zero-order valence-electron chi connectivity index (χ0n) is 11.8. The number of nitrogens with two attached hydrogens (primary N) is 1. The number of rotatable bonds is 6. The van der Waals surface area contributed by atoms with Gasteiger partial charge in [-0.05, 0) is 31.5 Å². The number of esters is 1. The van der Waals surface area contributed by atoms with Crippen LogP contribution in [0.5, 0.6) is 0 Å². The molecule has 0 saturated carbocycles. The number of benzene rings is 1. The Balaban J connectivity index is 3.36. The molecule has 1 rings (SSSR count). The molecular weight excluding hydrogens is 280 g/mol. The normalized spacial score (nSPS) is 13.6. The Labute approximate surface area is 121 Å². The van der Waals surface area contributed by atoms with Gasteiger partial charge in [0, 0.05) is 11.6 Å². The van der Waals surface area contributed by atoms with E-state index in [1.807, 2.05) is 0 Å². The fourth-order valence-electron chi connectivity index (χ4n) is 1.95. The van der Waals surface area contributed by atoms with Crippen LogP contribution >= 0.6 is 0 Å². The highest BCUT2D eigenvalue weighted by Crippen LogP contribution is 2.29. The summed E-state index contributed by atoms with van der Waals surface area (Å²) in [6, 6.07) is 2.41. The van der Waals surface area contributed by atoms with Crippen molar-refractivity contribution in [3.63, 3.8) is 0 Å². The topological polar surface area (TPSA) is 136 Å². The zero-order valence-corrected chi connectivity index (χ0v) is 11.8. The predicted octanol–water partition coefficient (Wildman–Crippen LogP) is 0.433. The van der Waals surface area contributed by atoms with E-state index in [4.69, 9.17) is 5.73 Å². The Kier molecular flexibility index (Phi) is 5.77.